The maximum atomic E-state index is 4.98. The first kappa shape index (κ1) is 17.5. The van der Waals surface area contributed by atoms with Crippen molar-refractivity contribution in [2.45, 2.75) is 37.5 Å². The summed E-state index contributed by atoms with van der Waals surface area (Å²) in [6, 6.07) is 8.16. The van der Waals surface area contributed by atoms with Crippen LogP contribution in [0, 0.1) is 4.77 Å². The van der Waals surface area contributed by atoms with Crippen LogP contribution in [0.3, 0.4) is 0 Å². The molecule has 0 saturated heterocycles. The van der Waals surface area contributed by atoms with Gasteiger partial charge in [0.2, 0.25) is 0 Å². The number of anilines is 2. The smallest absolute Gasteiger partial charge is 0.198 e. The summed E-state index contributed by atoms with van der Waals surface area (Å²) in [5, 5.41) is 3.30. The summed E-state index contributed by atoms with van der Waals surface area (Å²) in [5.41, 5.74) is 1.10. The number of aromatic nitrogens is 2. The molecule has 1 aromatic carbocycles. The minimum Gasteiger partial charge on any atom is -0.340 e. The molecule has 0 unspecified atom stereocenters. The van der Waals surface area contributed by atoms with Crippen molar-refractivity contribution in [3.63, 3.8) is 0 Å². The molecule has 2 heterocycles. The van der Waals surface area contributed by atoms with E-state index in [-0.39, 0.29) is 0 Å². The molecule has 2 N–H and O–H groups in total. The number of hydrogen-bond donors (Lipinski definition) is 2. The molecular weight excluding hydrogens is 298 g/mol. The molecule has 0 fully saturated rings. The van der Waals surface area contributed by atoms with Gasteiger partial charge in [-0.2, -0.15) is 0 Å². The van der Waals surface area contributed by atoms with Gasteiger partial charge in [0.15, 0.2) is 4.77 Å². The molecule has 5 heteroatoms. The summed E-state index contributed by atoms with van der Waals surface area (Å²) in [6.45, 7) is 8.00. The Bertz CT molecular complexity index is 644. The first-order chi connectivity index (χ1) is 10.2. The zero-order valence-corrected chi connectivity index (χ0v) is 14.4. The van der Waals surface area contributed by atoms with Crippen molar-refractivity contribution in [2.24, 2.45) is 0 Å². The molecule has 3 nitrogen and oxygen atoms in total. The Morgan fingerprint density at radius 3 is 2.43 bits per heavy atom. The molecule has 0 bridgehead atoms. The third-order valence-corrected chi connectivity index (χ3v) is 3.79. The lowest BCUT2D eigenvalue weighted by Crippen LogP contribution is -2.02. The predicted molar refractivity (Wildman–Crippen MR) is 95.1 cm³/mol. The molecule has 112 valence electrons. The first-order valence-corrected chi connectivity index (χ1v) is 8.17. The van der Waals surface area contributed by atoms with Crippen molar-refractivity contribution < 1.29 is 0 Å². The van der Waals surface area contributed by atoms with Crippen molar-refractivity contribution in [3.05, 3.63) is 47.4 Å². The normalized spacial score (nSPS) is 11.0. The van der Waals surface area contributed by atoms with Gasteiger partial charge in [0.05, 0.1) is 10.6 Å². The fourth-order valence-corrected chi connectivity index (χ4v) is 2.54. The summed E-state index contributed by atoms with van der Waals surface area (Å²) >= 11 is 6.67. The van der Waals surface area contributed by atoms with Gasteiger partial charge in [0.1, 0.15) is 5.82 Å². The Balaban J connectivity index is 0.000000322. The average Bonchev–Trinajstić information content (AvgIpc) is 2.55. The number of nitrogens with one attached hydrogen (secondary N) is 2. The molecule has 0 aliphatic carbocycles. The van der Waals surface area contributed by atoms with Crippen LogP contribution >= 0.6 is 24.0 Å². The van der Waals surface area contributed by atoms with Gasteiger partial charge in [-0.25, -0.2) is 4.98 Å². The Morgan fingerprint density at radius 2 is 1.76 bits per heavy atom. The number of fused-ring (bicyclic) bond motifs is 2. The highest BCUT2D eigenvalue weighted by Crippen LogP contribution is 2.42. The number of hydrogen-bond acceptors (Lipinski definition) is 4. The van der Waals surface area contributed by atoms with Crippen molar-refractivity contribution in [1.82, 2.24) is 9.97 Å². The number of nitrogens with zero attached hydrogens (tertiary/aromatic N) is 1. The number of aromatic amines is 1. The van der Waals surface area contributed by atoms with Crippen molar-refractivity contribution in [1.29, 1.82) is 0 Å². The Labute approximate surface area is 135 Å². The molecule has 21 heavy (non-hydrogen) atoms. The van der Waals surface area contributed by atoms with Crippen LogP contribution in [0.25, 0.3) is 0 Å². The van der Waals surface area contributed by atoms with Crippen molar-refractivity contribution in [2.75, 3.05) is 5.32 Å². The second kappa shape index (κ2) is 9.37. The summed E-state index contributed by atoms with van der Waals surface area (Å²) in [7, 11) is 0. The van der Waals surface area contributed by atoms with E-state index in [2.05, 4.69) is 21.4 Å². The minimum atomic E-state index is 0.501. The van der Waals surface area contributed by atoms with Crippen LogP contribution in [0.1, 0.15) is 27.7 Å². The second-order valence-corrected chi connectivity index (χ2v) is 5.29. The fraction of sp³-hybridized carbons (Fsp3) is 0.250. The summed E-state index contributed by atoms with van der Waals surface area (Å²) in [4.78, 5) is 9.38. The molecule has 3 rings (SSSR count). The third kappa shape index (κ3) is 5.02. The Morgan fingerprint density at radius 1 is 1.10 bits per heavy atom. The quantitative estimate of drug-likeness (QED) is 0.396. The monoisotopic (exact) mass is 319 g/mol. The molecule has 0 saturated carbocycles. The molecule has 1 aliphatic heterocycles. The molecular formula is C16H21N3S2. The molecule has 0 spiro atoms. The van der Waals surface area contributed by atoms with Crippen molar-refractivity contribution in [3.8, 4) is 0 Å². The number of rotatable bonds is 0. The zero-order chi connectivity index (χ0) is 15.7. The highest BCUT2D eigenvalue weighted by molar-refractivity contribution is 7.99. The van der Waals surface area contributed by atoms with E-state index < -0.39 is 0 Å². The standard InChI is InChI=1S/C10H7N3S2.C4H8.C2H6/c14-10-11-5-8-9(13-10)12-6-3-1-2-4-7(6)15-8;1-3-4-2;1-2/h1-5H,(H2,11,12,13,14);3-4H,1-2H3;1-2H3/b;4-3-;. The molecule has 0 radical (unpaired) electrons. The van der Waals surface area contributed by atoms with Gasteiger partial charge in [-0.1, -0.05) is 49.9 Å². The van der Waals surface area contributed by atoms with E-state index in [4.69, 9.17) is 12.2 Å². The van der Waals surface area contributed by atoms with Gasteiger partial charge in [0.25, 0.3) is 0 Å². The van der Waals surface area contributed by atoms with E-state index >= 15 is 0 Å². The lowest BCUT2D eigenvalue weighted by molar-refractivity contribution is 1.06. The SMILES string of the molecule is C/C=C\C.CC.S=c1ncc2c([nH]1)Nc1ccccc1S2. The maximum Gasteiger partial charge on any atom is 0.198 e. The van der Waals surface area contributed by atoms with Crippen LogP contribution in [0.2, 0.25) is 0 Å². The van der Waals surface area contributed by atoms with Gasteiger partial charge >= 0.3 is 0 Å². The van der Waals surface area contributed by atoms with E-state index in [1.54, 1.807) is 18.0 Å². The fourth-order valence-electron chi connectivity index (χ4n) is 1.46. The molecule has 2 aromatic rings. The third-order valence-electron chi connectivity index (χ3n) is 2.48. The maximum absolute atomic E-state index is 4.98. The largest absolute Gasteiger partial charge is 0.340 e. The van der Waals surface area contributed by atoms with E-state index in [0.29, 0.717) is 4.77 Å². The van der Waals surface area contributed by atoms with Crippen LogP contribution in [0.5, 0.6) is 0 Å². The van der Waals surface area contributed by atoms with Crippen LogP contribution < -0.4 is 5.32 Å². The van der Waals surface area contributed by atoms with Gasteiger partial charge in [-0.05, 0) is 38.2 Å². The highest BCUT2D eigenvalue weighted by atomic mass is 32.2. The van der Waals surface area contributed by atoms with Crippen LogP contribution in [-0.2, 0) is 0 Å². The van der Waals surface area contributed by atoms with Crippen LogP contribution in [0.4, 0.5) is 11.5 Å². The van der Waals surface area contributed by atoms with E-state index in [1.807, 2.05) is 58.0 Å². The Kier molecular flexibility index (Phi) is 7.79. The number of para-hydroxylation sites is 1. The summed E-state index contributed by atoms with van der Waals surface area (Å²) in [6.07, 6.45) is 5.79. The lowest BCUT2D eigenvalue weighted by Gasteiger charge is -2.19. The van der Waals surface area contributed by atoms with E-state index in [1.165, 1.54) is 4.90 Å². The molecule has 1 aromatic heterocycles. The Hall–Kier alpha value is -1.59. The van der Waals surface area contributed by atoms with Gasteiger partial charge < -0.3 is 10.3 Å². The molecule has 1 aliphatic rings. The van der Waals surface area contributed by atoms with E-state index in [9.17, 15) is 0 Å². The number of allylic oxidation sites excluding steroid dienone is 2. The second-order valence-electron chi connectivity index (χ2n) is 3.82. The number of H-pyrrole nitrogens is 1. The highest BCUT2D eigenvalue weighted by Gasteiger charge is 2.15. The number of benzene rings is 1. The topological polar surface area (TPSA) is 40.7 Å². The van der Waals surface area contributed by atoms with Crippen molar-refractivity contribution >= 4 is 35.5 Å². The zero-order valence-electron chi connectivity index (χ0n) is 12.8. The van der Waals surface area contributed by atoms with Gasteiger partial charge in [-0.3, -0.25) is 0 Å². The lowest BCUT2D eigenvalue weighted by atomic mass is 10.3. The predicted octanol–water partition coefficient (Wildman–Crippen LogP) is 5.96. The first-order valence-electron chi connectivity index (χ1n) is 6.95. The average molecular weight is 319 g/mol. The molecule has 0 atom stereocenters. The minimum absolute atomic E-state index is 0.501. The summed E-state index contributed by atoms with van der Waals surface area (Å²) < 4.78 is 0.501. The van der Waals surface area contributed by atoms with Crippen LogP contribution in [0.15, 0.2) is 52.4 Å². The van der Waals surface area contributed by atoms with Gasteiger partial charge in [-0.15, -0.1) is 0 Å². The van der Waals surface area contributed by atoms with Gasteiger partial charge in [0, 0.05) is 11.1 Å². The van der Waals surface area contributed by atoms with Crippen LogP contribution in [-0.4, -0.2) is 9.97 Å². The summed E-state index contributed by atoms with van der Waals surface area (Å²) in [5.74, 6) is 0.929. The van der Waals surface area contributed by atoms with E-state index in [0.717, 1.165) is 16.4 Å². The molecule has 0 amide bonds.